The zero-order chi connectivity index (χ0) is 22.1. The van der Waals surface area contributed by atoms with Gasteiger partial charge in [0.2, 0.25) is 5.91 Å². The third-order valence-corrected chi connectivity index (χ3v) is 6.75. The van der Waals surface area contributed by atoms with Crippen LogP contribution in [0.1, 0.15) is 18.4 Å². The number of nitrogens with one attached hydrogen (secondary N) is 1. The second kappa shape index (κ2) is 8.68. The number of nitrogens with zero attached hydrogens (tertiary/aromatic N) is 3. The zero-order valence-corrected chi connectivity index (χ0v) is 18.1. The fourth-order valence-corrected chi connectivity index (χ4v) is 5.17. The molecular formula is C23H22N4O4S. The molecule has 1 N–H and O–H groups in total. The van der Waals surface area contributed by atoms with Crippen LogP contribution in [0.2, 0.25) is 0 Å². The highest BCUT2D eigenvalue weighted by molar-refractivity contribution is 7.25. The van der Waals surface area contributed by atoms with Crippen molar-refractivity contribution in [3.05, 3.63) is 75.1 Å². The zero-order valence-electron chi connectivity index (χ0n) is 17.3. The average molecular weight is 451 g/mol. The van der Waals surface area contributed by atoms with Gasteiger partial charge in [0.05, 0.1) is 18.2 Å². The van der Waals surface area contributed by atoms with Gasteiger partial charge in [-0.3, -0.25) is 18.7 Å². The van der Waals surface area contributed by atoms with Crippen LogP contribution in [0.4, 0.5) is 0 Å². The predicted octanol–water partition coefficient (Wildman–Crippen LogP) is 2.27. The smallest absolute Gasteiger partial charge is 0.332 e. The highest BCUT2D eigenvalue weighted by atomic mass is 32.1. The number of aromatic nitrogens is 3. The van der Waals surface area contributed by atoms with Gasteiger partial charge >= 0.3 is 5.69 Å². The molecule has 1 aliphatic rings. The van der Waals surface area contributed by atoms with Crippen LogP contribution < -0.4 is 16.6 Å². The van der Waals surface area contributed by atoms with Crippen LogP contribution in [0.15, 0.2) is 58.3 Å². The van der Waals surface area contributed by atoms with Crippen LogP contribution in [0.5, 0.6) is 0 Å². The number of carbonyl (C=O) groups excluding carboxylic acids is 1. The fourth-order valence-electron chi connectivity index (χ4n) is 4.08. The number of carbonyl (C=O) groups is 1. The Bertz CT molecular complexity index is 1400. The van der Waals surface area contributed by atoms with E-state index in [2.05, 4.69) is 10.3 Å². The van der Waals surface area contributed by atoms with E-state index in [1.807, 2.05) is 36.4 Å². The summed E-state index contributed by atoms with van der Waals surface area (Å²) in [6.45, 7) is 0.985. The summed E-state index contributed by atoms with van der Waals surface area (Å²) in [5.74, 6) is -0.303. The van der Waals surface area contributed by atoms with E-state index in [0.717, 1.165) is 18.4 Å². The third kappa shape index (κ3) is 3.85. The molecule has 1 aromatic carbocycles. The van der Waals surface area contributed by atoms with Gasteiger partial charge < -0.3 is 10.1 Å². The Labute approximate surface area is 187 Å². The van der Waals surface area contributed by atoms with Crippen LogP contribution >= 0.6 is 11.3 Å². The number of thiophene rings is 1. The van der Waals surface area contributed by atoms with E-state index in [0.29, 0.717) is 33.6 Å². The van der Waals surface area contributed by atoms with E-state index in [1.54, 1.807) is 12.3 Å². The first-order valence-electron chi connectivity index (χ1n) is 10.5. The lowest BCUT2D eigenvalue weighted by Crippen LogP contribution is -2.44. The Balaban J connectivity index is 1.56. The normalized spacial score (nSPS) is 16.1. The molecule has 5 rings (SSSR count). The van der Waals surface area contributed by atoms with Crippen LogP contribution in [-0.2, 0) is 29.2 Å². The van der Waals surface area contributed by atoms with Gasteiger partial charge in [0.25, 0.3) is 5.56 Å². The molecule has 1 aliphatic heterocycles. The maximum absolute atomic E-state index is 13.4. The summed E-state index contributed by atoms with van der Waals surface area (Å²) >= 11 is 1.24. The quantitative estimate of drug-likeness (QED) is 0.486. The van der Waals surface area contributed by atoms with E-state index in [4.69, 9.17) is 4.74 Å². The number of ether oxygens (including phenoxy) is 1. The summed E-state index contributed by atoms with van der Waals surface area (Å²) in [4.78, 5) is 44.4. The number of fused-ring (bicyclic) bond motifs is 3. The number of pyridine rings is 1. The van der Waals surface area contributed by atoms with Gasteiger partial charge in [-0.1, -0.05) is 30.3 Å². The molecule has 0 aliphatic carbocycles. The van der Waals surface area contributed by atoms with Crippen LogP contribution in [0.3, 0.4) is 0 Å². The molecular weight excluding hydrogens is 428 g/mol. The number of benzene rings is 1. The minimum Gasteiger partial charge on any atom is -0.376 e. The molecule has 0 unspecified atom stereocenters. The van der Waals surface area contributed by atoms with Crippen molar-refractivity contribution < 1.29 is 9.53 Å². The van der Waals surface area contributed by atoms with E-state index >= 15 is 0 Å². The fraction of sp³-hybridized carbons (Fsp3) is 0.304. The minimum absolute atomic E-state index is 0.175. The molecule has 32 heavy (non-hydrogen) atoms. The van der Waals surface area contributed by atoms with Gasteiger partial charge in [0, 0.05) is 24.7 Å². The van der Waals surface area contributed by atoms with Crippen molar-refractivity contribution in [1.29, 1.82) is 0 Å². The molecule has 1 fully saturated rings. The molecule has 1 atom stereocenters. The van der Waals surface area contributed by atoms with E-state index in [1.165, 1.54) is 20.5 Å². The van der Waals surface area contributed by atoms with Gasteiger partial charge in [-0.05, 0) is 30.5 Å². The Morgan fingerprint density at radius 2 is 2.00 bits per heavy atom. The molecule has 4 aromatic rings. The van der Waals surface area contributed by atoms with E-state index in [-0.39, 0.29) is 30.7 Å². The first-order valence-corrected chi connectivity index (χ1v) is 11.4. The molecule has 1 saturated heterocycles. The van der Waals surface area contributed by atoms with Crippen molar-refractivity contribution in [2.75, 3.05) is 6.61 Å². The van der Waals surface area contributed by atoms with Gasteiger partial charge in [-0.15, -0.1) is 11.3 Å². The maximum Gasteiger partial charge on any atom is 0.332 e. The highest BCUT2D eigenvalue weighted by Crippen LogP contribution is 2.29. The van der Waals surface area contributed by atoms with Crippen molar-refractivity contribution in [3.63, 3.8) is 0 Å². The monoisotopic (exact) mass is 450 g/mol. The minimum atomic E-state index is -0.503. The van der Waals surface area contributed by atoms with Gasteiger partial charge in [0.1, 0.15) is 16.1 Å². The first kappa shape index (κ1) is 20.6. The van der Waals surface area contributed by atoms with Crippen molar-refractivity contribution in [1.82, 2.24) is 19.4 Å². The van der Waals surface area contributed by atoms with Crippen LogP contribution in [0, 0.1) is 0 Å². The van der Waals surface area contributed by atoms with Crippen molar-refractivity contribution >= 4 is 37.7 Å². The summed E-state index contributed by atoms with van der Waals surface area (Å²) in [5.41, 5.74) is 0.569. The van der Waals surface area contributed by atoms with Crippen molar-refractivity contribution in [2.45, 2.75) is 38.6 Å². The average Bonchev–Trinajstić information content (AvgIpc) is 3.47. The van der Waals surface area contributed by atoms with E-state index in [9.17, 15) is 14.4 Å². The Morgan fingerprint density at radius 3 is 2.78 bits per heavy atom. The maximum atomic E-state index is 13.4. The molecule has 0 radical (unpaired) electrons. The summed E-state index contributed by atoms with van der Waals surface area (Å²) < 4.78 is 8.68. The Kier molecular flexibility index (Phi) is 5.59. The lowest BCUT2D eigenvalue weighted by molar-refractivity contribution is -0.121. The molecule has 3 aromatic heterocycles. The highest BCUT2D eigenvalue weighted by Gasteiger charge is 2.23. The largest absolute Gasteiger partial charge is 0.376 e. The summed E-state index contributed by atoms with van der Waals surface area (Å²) in [7, 11) is 0. The summed E-state index contributed by atoms with van der Waals surface area (Å²) in [5, 5.41) is 3.56. The third-order valence-electron chi connectivity index (χ3n) is 5.66. The number of hydrogen-bond donors (Lipinski definition) is 1. The SMILES string of the molecule is O=C(Cn1c(=O)n(C[C@H]2CCCO2)c(=O)c2sc3ncccc3c21)NCc1ccccc1. The molecule has 4 heterocycles. The summed E-state index contributed by atoms with van der Waals surface area (Å²) in [6, 6.07) is 13.1. The lowest BCUT2D eigenvalue weighted by Gasteiger charge is -2.15. The Hall–Kier alpha value is -3.30. The Morgan fingerprint density at radius 1 is 1.16 bits per heavy atom. The predicted molar refractivity (Wildman–Crippen MR) is 123 cm³/mol. The number of amides is 1. The van der Waals surface area contributed by atoms with E-state index < -0.39 is 5.69 Å². The molecule has 9 heteroatoms. The number of hydrogen-bond acceptors (Lipinski definition) is 6. The van der Waals surface area contributed by atoms with Gasteiger partial charge in [0.15, 0.2) is 0 Å². The molecule has 0 saturated carbocycles. The lowest BCUT2D eigenvalue weighted by atomic mass is 10.2. The second-order valence-electron chi connectivity index (χ2n) is 7.82. The van der Waals surface area contributed by atoms with Gasteiger partial charge in [-0.2, -0.15) is 0 Å². The molecule has 8 nitrogen and oxygen atoms in total. The first-order chi connectivity index (χ1) is 15.6. The topological polar surface area (TPSA) is 95.2 Å². The molecule has 0 bridgehead atoms. The van der Waals surface area contributed by atoms with Crippen LogP contribution in [0.25, 0.3) is 20.4 Å². The van der Waals surface area contributed by atoms with Crippen molar-refractivity contribution in [2.24, 2.45) is 0 Å². The second-order valence-corrected chi connectivity index (χ2v) is 8.82. The molecule has 1 amide bonds. The molecule has 0 spiro atoms. The molecule has 164 valence electrons. The van der Waals surface area contributed by atoms with Crippen LogP contribution in [-0.4, -0.2) is 32.7 Å². The van der Waals surface area contributed by atoms with Gasteiger partial charge in [-0.25, -0.2) is 9.78 Å². The standard InChI is InChI=1S/C23H22N4O4S/c28-18(25-12-15-6-2-1-3-7-15)14-26-19-17-9-4-10-24-21(17)32-20(19)22(29)27(23(26)30)13-16-8-5-11-31-16/h1-4,6-7,9-10,16H,5,8,11-14H2,(H,25,28)/t16-/m1/s1. The van der Waals surface area contributed by atoms with Crippen molar-refractivity contribution in [3.8, 4) is 0 Å². The number of rotatable bonds is 6. The summed E-state index contributed by atoms with van der Waals surface area (Å²) in [6.07, 6.45) is 3.18.